The van der Waals surface area contributed by atoms with E-state index in [-0.39, 0.29) is 18.2 Å². The van der Waals surface area contributed by atoms with Crippen molar-refractivity contribution in [2.24, 2.45) is 0 Å². The summed E-state index contributed by atoms with van der Waals surface area (Å²) in [7, 11) is 0. The third kappa shape index (κ3) is 2.91. The Morgan fingerprint density at radius 2 is 2.35 bits per heavy atom. The van der Waals surface area contributed by atoms with Gasteiger partial charge < -0.3 is 10.1 Å². The van der Waals surface area contributed by atoms with E-state index in [0.717, 1.165) is 29.7 Å². The summed E-state index contributed by atoms with van der Waals surface area (Å²) in [6.45, 7) is 2.75. The highest BCUT2D eigenvalue weighted by molar-refractivity contribution is 7.22. The van der Waals surface area contributed by atoms with Crippen molar-refractivity contribution < 1.29 is 9.53 Å². The second-order valence-corrected chi connectivity index (χ2v) is 5.96. The van der Waals surface area contributed by atoms with Crippen molar-refractivity contribution in [3.8, 4) is 0 Å². The predicted octanol–water partition coefficient (Wildman–Crippen LogP) is 2.99. The normalized spacial score (nSPS) is 19.9. The largest absolute Gasteiger partial charge is 0.376 e. The van der Waals surface area contributed by atoms with Gasteiger partial charge in [-0.2, -0.15) is 0 Å². The van der Waals surface area contributed by atoms with Gasteiger partial charge in [0.05, 0.1) is 22.4 Å². The molecule has 2 N–H and O–H groups in total. The number of ether oxygens (including phenoxy) is 1. The molecule has 0 spiro atoms. The van der Waals surface area contributed by atoms with Crippen molar-refractivity contribution >= 4 is 32.7 Å². The van der Waals surface area contributed by atoms with E-state index < -0.39 is 0 Å². The molecule has 0 aliphatic carbocycles. The summed E-state index contributed by atoms with van der Waals surface area (Å²) in [4.78, 5) is 16.3. The number of aromatic nitrogens is 1. The number of urea groups is 1. The smallest absolute Gasteiger partial charge is 0.321 e. The molecule has 0 radical (unpaired) electrons. The Labute approximate surface area is 121 Å². The van der Waals surface area contributed by atoms with Crippen LogP contribution in [0.3, 0.4) is 0 Å². The first-order valence-corrected chi connectivity index (χ1v) is 7.59. The van der Waals surface area contributed by atoms with E-state index in [1.165, 1.54) is 11.3 Å². The molecule has 1 aliphatic heterocycles. The average Bonchev–Trinajstić information content (AvgIpc) is 3.07. The summed E-state index contributed by atoms with van der Waals surface area (Å²) in [5.74, 6) is 0. The summed E-state index contributed by atoms with van der Waals surface area (Å²) >= 11 is 1.47. The van der Waals surface area contributed by atoms with Gasteiger partial charge in [0.1, 0.15) is 0 Å². The second kappa shape index (κ2) is 5.76. The Morgan fingerprint density at radius 3 is 3.10 bits per heavy atom. The minimum Gasteiger partial charge on any atom is -0.376 e. The number of amides is 2. The molecule has 3 rings (SSSR count). The Kier molecular flexibility index (Phi) is 3.84. The quantitative estimate of drug-likeness (QED) is 0.913. The van der Waals surface area contributed by atoms with Crippen LogP contribution in [-0.4, -0.2) is 29.8 Å². The van der Waals surface area contributed by atoms with Crippen LogP contribution in [0.5, 0.6) is 0 Å². The molecule has 20 heavy (non-hydrogen) atoms. The fourth-order valence-corrected chi connectivity index (χ4v) is 3.22. The number of carbonyl (C=O) groups is 1. The molecule has 2 atom stereocenters. The molecule has 2 heterocycles. The summed E-state index contributed by atoms with van der Waals surface area (Å²) in [5.41, 5.74) is 0.903. The molecule has 5 nitrogen and oxygen atoms in total. The number of fused-ring (bicyclic) bond motifs is 1. The number of anilines is 1. The third-order valence-electron chi connectivity index (χ3n) is 3.40. The van der Waals surface area contributed by atoms with Gasteiger partial charge in [-0.1, -0.05) is 23.5 Å². The molecule has 1 aromatic carbocycles. The zero-order valence-electron chi connectivity index (χ0n) is 11.3. The zero-order valence-corrected chi connectivity index (χ0v) is 12.1. The van der Waals surface area contributed by atoms with Crippen molar-refractivity contribution in [3.05, 3.63) is 24.3 Å². The molecule has 106 valence electrons. The molecule has 0 bridgehead atoms. The van der Waals surface area contributed by atoms with E-state index in [2.05, 4.69) is 15.6 Å². The lowest BCUT2D eigenvalue weighted by Crippen LogP contribution is -2.42. The van der Waals surface area contributed by atoms with Gasteiger partial charge in [0.2, 0.25) is 0 Å². The van der Waals surface area contributed by atoms with E-state index in [9.17, 15) is 4.79 Å². The first kappa shape index (κ1) is 13.3. The van der Waals surface area contributed by atoms with E-state index >= 15 is 0 Å². The minimum atomic E-state index is -0.230. The van der Waals surface area contributed by atoms with Gasteiger partial charge >= 0.3 is 6.03 Å². The van der Waals surface area contributed by atoms with E-state index in [0.29, 0.717) is 5.13 Å². The molecule has 6 heteroatoms. The predicted molar refractivity (Wildman–Crippen MR) is 80.2 cm³/mol. The van der Waals surface area contributed by atoms with E-state index in [1.54, 1.807) is 0 Å². The van der Waals surface area contributed by atoms with Gasteiger partial charge in [0.15, 0.2) is 5.13 Å². The third-order valence-corrected chi connectivity index (χ3v) is 4.35. The minimum absolute atomic E-state index is 0.00637. The number of thiazole rings is 1. The Morgan fingerprint density at radius 1 is 1.50 bits per heavy atom. The van der Waals surface area contributed by atoms with Crippen molar-refractivity contribution in [2.75, 3.05) is 11.9 Å². The highest BCUT2D eigenvalue weighted by Crippen LogP contribution is 2.25. The number of nitrogens with one attached hydrogen (secondary N) is 2. The van der Waals surface area contributed by atoms with Crippen LogP contribution in [0.2, 0.25) is 0 Å². The standard InChI is InChI=1S/C14H17N3O2S/c1-9(11-6-4-8-19-11)15-13(18)17-14-16-10-5-2-3-7-12(10)20-14/h2-3,5,7,9,11H,4,6,8H2,1H3,(H2,15,16,17,18). The highest BCUT2D eigenvalue weighted by Gasteiger charge is 2.23. The number of rotatable bonds is 3. The van der Waals surface area contributed by atoms with Crippen molar-refractivity contribution in [3.63, 3.8) is 0 Å². The number of benzene rings is 1. The molecule has 2 amide bonds. The van der Waals surface area contributed by atoms with Gasteiger partial charge in [0.25, 0.3) is 0 Å². The number of para-hydroxylation sites is 1. The van der Waals surface area contributed by atoms with Crippen LogP contribution in [0.1, 0.15) is 19.8 Å². The van der Waals surface area contributed by atoms with Gasteiger partial charge in [-0.15, -0.1) is 0 Å². The molecular formula is C14H17N3O2S. The van der Waals surface area contributed by atoms with Crippen LogP contribution >= 0.6 is 11.3 Å². The van der Waals surface area contributed by atoms with Crippen LogP contribution in [-0.2, 0) is 4.74 Å². The molecular weight excluding hydrogens is 274 g/mol. The van der Waals surface area contributed by atoms with Gasteiger partial charge in [0, 0.05) is 6.61 Å². The Bertz CT molecular complexity index is 574. The van der Waals surface area contributed by atoms with Crippen LogP contribution in [0, 0.1) is 0 Å². The Hall–Kier alpha value is -1.66. The van der Waals surface area contributed by atoms with Crippen molar-refractivity contribution in [1.82, 2.24) is 10.3 Å². The van der Waals surface area contributed by atoms with E-state index in [4.69, 9.17) is 4.74 Å². The summed E-state index contributed by atoms with van der Waals surface area (Å²) < 4.78 is 6.62. The maximum absolute atomic E-state index is 11.9. The lowest BCUT2D eigenvalue weighted by atomic mass is 10.1. The topological polar surface area (TPSA) is 63.2 Å². The lowest BCUT2D eigenvalue weighted by Gasteiger charge is -2.19. The molecule has 1 fully saturated rings. The average molecular weight is 291 g/mol. The SMILES string of the molecule is CC(NC(=O)Nc1nc2ccccc2s1)C1CCCO1. The maximum Gasteiger partial charge on any atom is 0.321 e. The van der Waals surface area contributed by atoms with Crippen LogP contribution in [0.25, 0.3) is 10.2 Å². The van der Waals surface area contributed by atoms with Crippen molar-refractivity contribution in [1.29, 1.82) is 0 Å². The molecule has 1 saturated heterocycles. The maximum atomic E-state index is 11.9. The van der Waals surface area contributed by atoms with Gasteiger partial charge in [-0.3, -0.25) is 5.32 Å². The fraction of sp³-hybridized carbons (Fsp3) is 0.429. The van der Waals surface area contributed by atoms with Gasteiger partial charge in [-0.05, 0) is 31.9 Å². The Balaban J connectivity index is 1.60. The number of hydrogen-bond donors (Lipinski definition) is 2. The molecule has 0 saturated carbocycles. The molecule has 1 aromatic heterocycles. The summed E-state index contributed by atoms with van der Waals surface area (Å²) in [6, 6.07) is 7.60. The second-order valence-electron chi connectivity index (χ2n) is 4.93. The molecule has 2 unspecified atom stereocenters. The van der Waals surface area contributed by atoms with Gasteiger partial charge in [-0.25, -0.2) is 9.78 Å². The number of carbonyl (C=O) groups excluding carboxylic acids is 1. The molecule has 2 aromatic rings. The summed E-state index contributed by atoms with van der Waals surface area (Å²) in [5, 5.41) is 6.31. The number of nitrogens with zero attached hydrogens (tertiary/aromatic N) is 1. The number of hydrogen-bond acceptors (Lipinski definition) is 4. The van der Waals surface area contributed by atoms with E-state index in [1.807, 2.05) is 31.2 Å². The van der Waals surface area contributed by atoms with Crippen LogP contribution < -0.4 is 10.6 Å². The monoisotopic (exact) mass is 291 g/mol. The summed E-state index contributed by atoms with van der Waals surface area (Å²) in [6.07, 6.45) is 2.19. The lowest BCUT2D eigenvalue weighted by molar-refractivity contribution is 0.0868. The van der Waals surface area contributed by atoms with Crippen LogP contribution in [0.15, 0.2) is 24.3 Å². The first-order valence-electron chi connectivity index (χ1n) is 6.77. The zero-order chi connectivity index (χ0) is 13.9. The molecule has 1 aliphatic rings. The van der Waals surface area contributed by atoms with Crippen molar-refractivity contribution in [2.45, 2.75) is 31.9 Å². The highest BCUT2D eigenvalue weighted by atomic mass is 32.1. The van der Waals surface area contributed by atoms with Crippen LogP contribution in [0.4, 0.5) is 9.93 Å². The fourth-order valence-electron chi connectivity index (χ4n) is 2.36. The first-order chi connectivity index (χ1) is 9.72.